The van der Waals surface area contributed by atoms with Crippen molar-refractivity contribution in [1.82, 2.24) is 0 Å². The van der Waals surface area contributed by atoms with Crippen LogP contribution < -0.4 is 0 Å². The van der Waals surface area contributed by atoms with Crippen molar-refractivity contribution in [2.24, 2.45) is 0 Å². The lowest BCUT2D eigenvalue weighted by Crippen LogP contribution is -1.89. The molecule has 0 heterocycles. The van der Waals surface area contributed by atoms with Gasteiger partial charge in [-0.25, -0.2) is 0 Å². The van der Waals surface area contributed by atoms with E-state index in [1.54, 1.807) is 0 Å². The highest BCUT2D eigenvalue weighted by Gasteiger charge is 1.84. The minimum atomic E-state index is -4.67. The van der Waals surface area contributed by atoms with Crippen LogP contribution in [0, 0.1) is 0 Å². The van der Waals surface area contributed by atoms with Gasteiger partial charge in [0.25, 0.3) is 0 Å². The lowest BCUT2D eigenvalue weighted by atomic mass is 10.8. The van der Waals surface area contributed by atoms with Gasteiger partial charge in [-0.3, -0.25) is 9.11 Å². The molecule has 0 aliphatic heterocycles. The summed E-state index contributed by atoms with van der Waals surface area (Å²) in [7, 11) is -4.67. The third-order valence-corrected chi connectivity index (χ3v) is 0.1000. The minimum absolute atomic E-state index is 0.125. The molecular weight excluding hydrogens is 192 g/mol. The van der Waals surface area contributed by atoms with E-state index in [1.807, 2.05) is 0 Å². The molecule has 0 aromatic carbocycles. The molecule has 0 saturated heterocycles. The molecule has 12 heavy (non-hydrogen) atoms. The maximum atomic E-state index is 8.74. The number of rotatable bonds is 1. The summed E-state index contributed by atoms with van der Waals surface area (Å²) in [6, 6.07) is 0. The fourth-order valence-corrected chi connectivity index (χ4v) is 0. The Balaban J connectivity index is -0.000000105. The molecule has 0 saturated carbocycles. The highest BCUT2D eigenvalue weighted by Crippen LogP contribution is 1.59. The van der Waals surface area contributed by atoms with Crippen molar-refractivity contribution >= 4 is 10.4 Å². The molecule has 0 fully saturated rings. The average molecular weight is 204 g/mol. The van der Waals surface area contributed by atoms with Crippen molar-refractivity contribution < 1.29 is 32.8 Å². The van der Waals surface area contributed by atoms with Crippen molar-refractivity contribution in [3.63, 3.8) is 0 Å². The maximum Gasteiger partial charge on any atom is 0.394 e. The predicted octanol–water partition coefficient (Wildman–Crippen LogP) is -0.994. The standard InChI is InChI=1S/C2H6O2.C2H4O.H2O4S/c3-1-2-4;1-2-3;1-5(2,3)4/h3-4H,1-2H2;2-3H,1H2;(H2,1,2,3,4). The highest BCUT2D eigenvalue weighted by molar-refractivity contribution is 7.79. The normalized spacial score (nSPS) is 8.33. The molecule has 0 spiro atoms. The average Bonchev–Trinajstić information content (AvgIpc) is 1.85. The van der Waals surface area contributed by atoms with Crippen LogP contribution in [0.15, 0.2) is 12.8 Å². The predicted molar refractivity (Wildman–Crippen MR) is 41.2 cm³/mol. The molecule has 0 unspecified atom stereocenters. The smallest absolute Gasteiger partial charge is 0.394 e. The summed E-state index contributed by atoms with van der Waals surface area (Å²) < 4.78 is 31.6. The second kappa shape index (κ2) is 13.0. The molecular formula is C4H12O7S. The van der Waals surface area contributed by atoms with Crippen LogP contribution in [0.4, 0.5) is 0 Å². The first-order chi connectivity index (χ1) is 5.33. The quantitative estimate of drug-likeness (QED) is 0.273. The van der Waals surface area contributed by atoms with Crippen molar-refractivity contribution in [2.45, 2.75) is 0 Å². The van der Waals surface area contributed by atoms with Gasteiger partial charge in [0, 0.05) is 0 Å². The first kappa shape index (κ1) is 17.4. The molecule has 0 aliphatic carbocycles. The zero-order valence-electron chi connectivity index (χ0n) is 6.16. The van der Waals surface area contributed by atoms with E-state index in [-0.39, 0.29) is 13.2 Å². The van der Waals surface area contributed by atoms with Crippen LogP contribution in [-0.4, -0.2) is 46.1 Å². The fraction of sp³-hybridized carbons (Fsp3) is 0.500. The molecule has 0 aromatic heterocycles. The molecule has 0 aliphatic rings. The zero-order valence-corrected chi connectivity index (χ0v) is 6.98. The van der Waals surface area contributed by atoms with E-state index >= 15 is 0 Å². The van der Waals surface area contributed by atoms with Gasteiger partial charge in [0.2, 0.25) is 0 Å². The molecule has 0 radical (unpaired) electrons. The number of aliphatic hydroxyl groups excluding tert-OH is 3. The summed E-state index contributed by atoms with van der Waals surface area (Å²) in [6.45, 7) is 2.67. The van der Waals surface area contributed by atoms with Gasteiger partial charge in [-0.15, -0.1) is 0 Å². The number of hydrogen-bond donors (Lipinski definition) is 5. The molecule has 0 atom stereocenters. The second-order valence-electron chi connectivity index (χ2n) is 1.08. The fourth-order valence-electron chi connectivity index (χ4n) is 0. The highest BCUT2D eigenvalue weighted by atomic mass is 32.3. The largest absolute Gasteiger partial charge is 0.516 e. The second-order valence-corrected chi connectivity index (χ2v) is 1.97. The van der Waals surface area contributed by atoms with Gasteiger partial charge in [-0.1, -0.05) is 6.58 Å². The lowest BCUT2D eigenvalue weighted by molar-refractivity contribution is 0.186. The van der Waals surface area contributed by atoms with Crippen LogP contribution in [0.5, 0.6) is 0 Å². The van der Waals surface area contributed by atoms with E-state index < -0.39 is 10.4 Å². The van der Waals surface area contributed by atoms with Gasteiger partial charge in [0.15, 0.2) is 0 Å². The van der Waals surface area contributed by atoms with Gasteiger partial charge in [-0.05, 0) is 0 Å². The van der Waals surface area contributed by atoms with E-state index in [1.165, 1.54) is 0 Å². The van der Waals surface area contributed by atoms with Crippen LogP contribution in [-0.2, 0) is 10.4 Å². The summed E-state index contributed by atoms with van der Waals surface area (Å²) in [4.78, 5) is 0. The first-order valence-corrected chi connectivity index (χ1v) is 3.89. The summed E-state index contributed by atoms with van der Waals surface area (Å²) in [6.07, 6.45) is 0.750. The lowest BCUT2D eigenvalue weighted by Gasteiger charge is -1.70. The summed E-state index contributed by atoms with van der Waals surface area (Å²) in [5, 5.41) is 22.6. The van der Waals surface area contributed by atoms with Gasteiger partial charge in [0.05, 0.1) is 19.5 Å². The summed E-state index contributed by atoms with van der Waals surface area (Å²) >= 11 is 0. The van der Waals surface area contributed by atoms with E-state index in [4.69, 9.17) is 32.8 Å². The Morgan fingerprint density at radius 2 is 1.25 bits per heavy atom. The Labute approximate surface area is 70.2 Å². The van der Waals surface area contributed by atoms with E-state index in [2.05, 4.69) is 6.58 Å². The van der Waals surface area contributed by atoms with E-state index in [0.29, 0.717) is 0 Å². The number of hydrogen-bond acceptors (Lipinski definition) is 5. The Morgan fingerprint density at radius 1 is 1.17 bits per heavy atom. The Hall–Kier alpha value is -0.670. The van der Waals surface area contributed by atoms with Gasteiger partial charge < -0.3 is 15.3 Å². The van der Waals surface area contributed by atoms with Crippen LogP contribution in [0.2, 0.25) is 0 Å². The topological polar surface area (TPSA) is 135 Å². The van der Waals surface area contributed by atoms with Gasteiger partial charge in [0.1, 0.15) is 0 Å². The molecule has 0 amide bonds. The molecule has 0 bridgehead atoms. The third kappa shape index (κ3) is 5940. The van der Waals surface area contributed by atoms with Crippen LogP contribution in [0.25, 0.3) is 0 Å². The van der Waals surface area contributed by atoms with E-state index in [9.17, 15) is 0 Å². The number of aliphatic hydroxyl groups is 3. The van der Waals surface area contributed by atoms with Crippen molar-refractivity contribution in [3.8, 4) is 0 Å². The van der Waals surface area contributed by atoms with Crippen LogP contribution in [0.3, 0.4) is 0 Å². The molecule has 76 valence electrons. The van der Waals surface area contributed by atoms with Gasteiger partial charge >= 0.3 is 10.4 Å². The minimum Gasteiger partial charge on any atom is -0.516 e. The van der Waals surface area contributed by atoms with E-state index in [0.717, 1.165) is 6.26 Å². The SMILES string of the molecule is C=CO.O=S(=O)(O)O.OCCO. The Morgan fingerprint density at radius 3 is 1.25 bits per heavy atom. The Kier molecular flexibility index (Phi) is 18.8. The monoisotopic (exact) mass is 204 g/mol. The third-order valence-electron chi connectivity index (χ3n) is 0.1000. The molecule has 5 N–H and O–H groups in total. The molecule has 0 aromatic rings. The molecule has 8 heteroatoms. The Bertz CT molecular complexity index is 150. The van der Waals surface area contributed by atoms with Crippen LogP contribution >= 0.6 is 0 Å². The van der Waals surface area contributed by atoms with Crippen LogP contribution in [0.1, 0.15) is 0 Å². The molecule has 7 nitrogen and oxygen atoms in total. The van der Waals surface area contributed by atoms with Gasteiger partial charge in [-0.2, -0.15) is 8.42 Å². The zero-order chi connectivity index (χ0) is 10.6. The summed E-state index contributed by atoms with van der Waals surface area (Å²) in [5.74, 6) is 0. The van der Waals surface area contributed by atoms with Crippen molar-refractivity contribution in [2.75, 3.05) is 13.2 Å². The summed E-state index contributed by atoms with van der Waals surface area (Å²) in [5.41, 5.74) is 0. The molecule has 0 rings (SSSR count). The van der Waals surface area contributed by atoms with Crippen molar-refractivity contribution in [1.29, 1.82) is 0 Å². The van der Waals surface area contributed by atoms with Crippen molar-refractivity contribution in [3.05, 3.63) is 12.8 Å². The first-order valence-electron chi connectivity index (χ1n) is 2.50. The maximum absolute atomic E-state index is 8.74.